The Balaban J connectivity index is 1.66. The number of fused-ring (bicyclic) bond motifs is 2. The van der Waals surface area contributed by atoms with E-state index in [1.807, 2.05) is 18.2 Å². The number of rotatable bonds is 2. The van der Waals surface area contributed by atoms with E-state index in [4.69, 9.17) is 4.42 Å². The van der Waals surface area contributed by atoms with E-state index < -0.39 is 5.63 Å². The molecule has 0 bridgehead atoms. The first-order valence-electron chi connectivity index (χ1n) is 8.14. The van der Waals surface area contributed by atoms with Gasteiger partial charge in [0.1, 0.15) is 11.4 Å². The standard InChI is InChI=1S/C19H11FN4O2S/c20-13-6-3-5-12(8-13)17-21-22-19-24(17)23-15(10-27-19)14-9-11-4-1-2-7-16(11)26-18(14)25/h1-9H,10H2. The summed E-state index contributed by atoms with van der Waals surface area (Å²) < 4.78 is 20.5. The fourth-order valence-electron chi connectivity index (χ4n) is 2.93. The molecule has 0 fully saturated rings. The zero-order valence-corrected chi connectivity index (χ0v) is 14.6. The summed E-state index contributed by atoms with van der Waals surface area (Å²) in [6.07, 6.45) is 0. The average molecular weight is 378 g/mol. The molecule has 27 heavy (non-hydrogen) atoms. The fourth-order valence-corrected chi connectivity index (χ4v) is 3.76. The second-order valence-electron chi connectivity index (χ2n) is 5.95. The van der Waals surface area contributed by atoms with Crippen molar-refractivity contribution in [1.82, 2.24) is 14.9 Å². The van der Waals surface area contributed by atoms with E-state index in [0.717, 1.165) is 5.39 Å². The summed E-state index contributed by atoms with van der Waals surface area (Å²) in [4.78, 5) is 12.4. The van der Waals surface area contributed by atoms with Crippen molar-refractivity contribution in [2.24, 2.45) is 5.10 Å². The summed E-state index contributed by atoms with van der Waals surface area (Å²) >= 11 is 1.41. The summed E-state index contributed by atoms with van der Waals surface area (Å²) in [7, 11) is 0. The van der Waals surface area contributed by atoms with E-state index in [1.165, 1.54) is 28.6 Å². The average Bonchev–Trinajstić information content (AvgIpc) is 3.10. The molecule has 0 N–H and O–H groups in total. The highest BCUT2D eigenvalue weighted by Gasteiger charge is 2.23. The molecule has 0 aliphatic carbocycles. The second kappa shape index (κ2) is 6.17. The number of benzene rings is 2. The fraction of sp³-hybridized carbons (Fsp3) is 0.0526. The van der Waals surface area contributed by atoms with Crippen molar-refractivity contribution in [2.75, 3.05) is 5.75 Å². The van der Waals surface area contributed by atoms with Gasteiger partial charge in [-0.2, -0.15) is 9.78 Å². The van der Waals surface area contributed by atoms with E-state index in [9.17, 15) is 9.18 Å². The molecule has 8 heteroatoms. The van der Waals surface area contributed by atoms with Crippen molar-refractivity contribution in [1.29, 1.82) is 0 Å². The highest BCUT2D eigenvalue weighted by atomic mass is 32.2. The van der Waals surface area contributed by atoms with Crippen LogP contribution in [0.3, 0.4) is 0 Å². The molecule has 6 nitrogen and oxygen atoms in total. The van der Waals surface area contributed by atoms with Gasteiger partial charge >= 0.3 is 5.63 Å². The van der Waals surface area contributed by atoms with Crippen LogP contribution >= 0.6 is 11.8 Å². The van der Waals surface area contributed by atoms with Gasteiger partial charge in [0.25, 0.3) is 0 Å². The molecule has 3 heterocycles. The van der Waals surface area contributed by atoms with E-state index >= 15 is 0 Å². The molecular weight excluding hydrogens is 367 g/mol. The Morgan fingerprint density at radius 1 is 1.07 bits per heavy atom. The number of hydrogen-bond donors (Lipinski definition) is 0. The Morgan fingerprint density at radius 2 is 1.96 bits per heavy atom. The number of nitrogens with zero attached hydrogens (tertiary/aromatic N) is 4. The predicted molar refractivity (Wildman–Crippen MR) is 101 cm³/mol. The minimum absolute atomic E-state index is 0.368. The van der Waals surface area contributed by atoms with Crippen molar-refractivity contribution in [3.63, 3.8) is 0 Å². The van der Waals surface area contributed by atoms with Crippen LogP contribution in [0.2, 0.25) is 0 Å². The van der Waals surface area contributed by atoms with Crippen LogP contribution in [-0.4, -0.2) is 26.3 Å². The first-order chi connectivity index (χ1) is 13.2. The van der Waals surface area contributed by atoms with Gasteiger partial charge in [-0.05, 0) is 24.3 Å². The quantitative estimate of drug-likeness (QED) is 0.499. The van der Waals surface area contributed by atoms with E-state index in [0.29, 0.717) is 39.2 Å². The largest absolute Gasteiger partial charge is 0.422 e. The van der Waals surface area contributed by atoms with Gasteiger partial charge < -0.3 is 4.42 Å². The van der Waals surface area contributed by atoms with Crippen molar-refractivity contribution in [3.8, 4) is 11.4 Å². The van der Waals surface area contributed by atoms with E-state index in [2.05, 4.69) is 15.3 Å². The zero-order valence-electron chi connectivity index (χ0n) is 13.8. The molecule has 0 atom stereocenters. The van der Waals surface area contributed by atoms with Crippen LogP contribution in [0.1, 0.15) is 5.56 Å². The number of para-hydroxylation sites is 1. The summed E-state index contributed by atoms with van der Waals surface area (Å²) in [6, 6.07) is 15.2. The molecule has 1 aliphatic heterocycles. The zero-order chi connectivity index (χ0) is 18.4. The highest BCUT2D eigenvalue weighted by Crippen LogP contribution is 2.28. The molecule has 0 unspecified atom stereocenters. The third-order valence-electron chi connectivity index (χ3n) is 4.21. The minimum atomic E-state index is -0.447. The van der Waals surface area contributed by atoms with E-state index in [-0.39, 0.29) is 5.82 Å². The van der Waals surface area contributed by atoms with Gasteiger partial charge in [-0.3, -0.25) is 0 Å². The van der Waals surface area contributed by atoms with Crippen LogP contribution < -0.4 is 5.63 Å². The molecule has 0 amide bonds. The molecular formula is C19H11FN4O2S. The Labute approximate surface area is 156 Å². The molecule has 0 saturated carbocycles. The molecule has 2 aromatic carbocycles. The predicted octanol–water partition coefficient (Wildman–Crippen LogP) is 3.55. The van der Waals surface area contributed by atoms with Crippen LogP contribution in [0, 0.1) is 5.82 Å². The smallest absolute Gasteiger partial charge is 0.345 e. The molecule has 2 aromatic heterocycles. The monoisotopic (exact) mass is 378 g/mol. The summed E-state index contributed by atoms with van der Waals surface area (Å²) in [5.74, 6) is 0.511. The lowest BCUT2D eigenvalue weighted by Crippen LogP contribution is -2.20. The molecule has 4 aromatic rings. The maximum Gasteiger partial charge on any atom is 0.345 e. The van der Waals surface area contributed by atoms with Crippen LogP contribution in [0.15, 0.2) is 74.1 Å². The van der Waals surface area contributed by atoms with Gasteiger partial charge in [0.05, 0.1) is 11.3 Å². The van der Waals surface area contributed by atoms with Crippen molar-refractivity contribution in [2.45, 2.75) is 5.16 Å². The lowest BCUT2D eigenvalue weighted by Gasteiger charge is -2.13. The molecule has 132 valence electrons. The maximum atomic E-state index is 13.6. The molecule has 1 aliphatic rings. The normalized spacial score (nSPS) is 13.4. The Bertz CT molecular complexity index is 1280. The molecule has 0 spiro atoms. The second-order valence-corrected chi connectivity index (χ2v) is 6.89. The molecule has 5 rings (SSSR count). The van der Waals surface area contributed by atoms with E-state index in [1.54, 1.807) is 24.3 Å². The summed E-state index contributed by atoms with van der Waals surface area (Å²) in [5, 5.41) is 14.2. The lowest BCUT2D eigenvalue weighted by atomic mass is 10.1. The Kier molecular flexibility index (Phi) is 3.64. The Hall–Kier alpha value is -3.26. The highest BCUT2D eigenvalue weighted by molar-refractivity contribution is 7.99. The van der Waals surface area contributed by atoms with Crippen LogP contribution in [0.4, 0.5) is 4.39 Å². The minimum Gasteiger partial charge on any atom is -0.422 e. The third kappa shape index (κ3) is 2.74. The van der Waals surface area contributed by atoms with Crippen molar-refractivity contribution < 1.29 is 8.81 Å². The van der Waals surface area contributed by atoms with Crippen LogP contribution in [-0.2, 0) is 0 Å². The molecule has 0 radical (unpaired) electrons. The lowest BCUT2D eigenvalue weighted by molar-refractivity contribution is 0.559. The number of aromatic nitrogens is 3. The van der Waals surface area contributed by atoms with Gasteiger partial charge in [0.15, 0.2) is 5.82 Å². The SMILES string of the molecule is O=c1oc2ccccc2cc1C1=Nn2c(nnc2-c2cccc(F)c2)SC1. The van der Waals surface area contributed by atoms with Crippen LogP contribution in [0.5, 0.6) is 0 Å². The van der Waals surface area contributed by atoms with Gasteiger partial charge in [-0.25, -0.2) is 9.18 Å². The number of hydrogen-bond acceptors (Lipinski definition) is 6. The first-order valence-corrected chi connectivity index (χ1v) is 9.13. The Morgan fingerprint density at radius 3 is 2.85 bits per heavy atom. The topological polar surface area (TPSA) is 73.3 Å². The van der Waals surface area contributed by atoms with Gasteiger partial charge in [0, 0.05) is 16.7 Å². The first kappa shape index (κ1) is 16.0. The van der Waals surface area contributed by atoms with Crippen LogP contribution in [0.25, 0.3) is 22.4 Å². The summed E-state index contributed by atoms with van der Waals surface area (Å²) in [5.41, 5.74) is 1.60. The van der Waals surface area contributed by atoms with Gasteiger partial charge in [-0.15, -0.1) is 10.2 Å². The van der Waals surface area contributed by atoms with Gasteiger partial charge in [-0.1, -0.05) is 42.1 Å². The third-order valence-corrected chi connectivity index (χ3v) is 5.14. The number of thioether (sulfide) groups is 1. The molecule has 0 saturated heterocycles. The maximum absolute atomic E-state index is 13.6. The van der Waals surface area contributed by atoms with Crippen molar-refractivity contribution in [3.05, 3.63) is 76.4 Å². The van der Waals surface area contributed by atoms with Crippen molar-refractivity contribution >= 4 is 28.4 Å². The van der Waals surface area contributed by atoms with Gasteiger partial charge in [0.2, 0.25) is 5.16 Å². The number of halogens is 1. The summed E-state index contributed by atoms with van der Waals surface area (Å²) in [6.45, 7) is 0.